The molecule has 1 aromatic carbocycles. The van der Waals surface area contributed by atoms with Crippen molar-refractivity contribution < 1.29 is 13.9 Å². The van der Waals surface area contributed by atoms with Crippen LogP contribution in [0.15, 0.2) is 50.4 Å². The molecular formula is C14H13BrN2O3. The van der Waals surface area contributed by atoms with Crippen LogP contribution in [-0.2, 0) is 4.79 Å². The smallest absolute Gasteiger partial charge is 0.277 e. The minimum atomic E-state index is -0.347. The van der Waals surface area contributed by atoms with Crippen LogP contribution in [0.4, 0.5) is 0 Å². The largest absolute Gasteiger partial charge is 0.483 e. The number of para-hydroxylation sites is 1. The number of rotatable bonds is 5. The van der Waals surface area contributed by atoms with Crippen molar-refractivity contribution in [2.45, 2.75) is 6.92 Å². The molecule has 0 saturated carbocycles. The number of hydrazone groups is 1. The number of aryl methyl sites for hydroxylation is 1. The van der Waals surface area contributed by atoms with Crippen LogP contribution in [0, 0.1) is 6.92 Å². The van der Waals surface area contributed by atoms with E-state index in [9.17, 15) is 4.79 Å². The van der Waals surface area contributed by atoms with Gasteiger partial charge < -0.3 is 9.15 Å². The van der Waals surface area contributed by atoms with Gasteiger partial charge in [-0.25, -0.2) is 5.43 Å². The van der Waals surface area contributed by atoms with E-state index in [2.05, 4.69) is 26.5 Å². The lowest BCUT2D eigenvalue weighted by Crippen LogP contribution is -2.24. The predicted octanol–water partition coefficient (Wildman–Crippen LogP) is 2.88. The monoisotopic (exact) mass is 336 g/mol. The van der Waals surface area contributed by atoms with Crippen molar-refractivity contribution in [3.63, 3.8) is 0 Å². The van der Waals surface area contributed by atoms with Crippen molar-refractivity contribution in [3.8, 4) is 5.75 Å². The standard InChI is InChI=1S/C14H13BrN2O3/c1-10-6-7-11(20-10)8-16-17-14(18)9-19-13-5-3-2-4-12(13)15/h2-8H,9H2,1H3,(H,17,18)/b16-8-. The van der Waals surface area contributed by atoms with Gasteiger partial charge in [0, 0.05) is 0 Å². The molecular weight excluding hydrogens is 324 g/mol. The summed E-state index contributed by atoms with van der Waals surface area (Å²) in [5.41, 5.74) is 2.36. The number of halogens is 1. The Labute approximate surface area is 124 Å². The van der Waals surface area contributed by atoms with Crippen LogP contribution in [0.3, 0.4) is 0 Å². The highest BCUT2D eigenvalue weighted by atomic mass is 79.9. The van der Waals surface area contributed by atoms with E-state index in [0.29, 0.717) is 11.5 Å². The summed E-state index contributed by atoms with van der Waals surface area (Å²) >= 11 is 3.33. The van der Waals surface area contributed by atoms with Gasteiger partial charge in [-0.15, -0.1) is 0 Å². The van der Waals surface area contributed by atoms with E-state index >= 15 is 0 Å². The van der Waals surface area contributed by atoms with E-state index in [1.807, 2.05) is 31.2 Å². The van der Waals surface area contributed by atoms with Crippen molar-refractivity contribution in [2.75, 3.05) is 6.61 Å². The number of amides is 1. The Kier molecular flexibility index (Phi) is 4.95. The van der Waals surface area contributed by atoms with Crippen LogP contribution in [0.25, 0.3) is 0 Å². The maximum absolute atomic E-state index is 11.5. The summed E-state index contributed by atoms with van der Waals surface area (Å²) in [6.07, 6.45) is 1.43. The molecule has 1 N–H and O–H groups in total. The predicted molar refractivity (Wildman–Crippen MR) is 78.8 cm³/mol. The van der Waals surface area contributed by atoms with Crippen LogP contribution >= 0.6 is 15.9 Å². The molecule has 0 aliphatic carbocycles. The van der Waals surface area contributed by atoms with Gasteiger partial charge in [-0.05, 0) is 47.1 Å². The molecule has 0 aliphatic rings. The van der Waals surface area contributed by atoms with Crippen LogP contribution in [0.5, 0.6) is 5.75 Å². The van der Waals surface area contributed by atoms with Gasteiger partial charge in [-0.3, -0.25) is 4.79 Å². The Morgan fingerprint density at radius 2 is 2.20 bits per heavy atom. The lowest BCUT2D eigenvalue weighted by atomic mass is 10.3. The van der Waals surface area contributed by atoms with Crippen LogP contribution in [0.2, 0.25) is 0 Å². The van der Waals surface area contributed by atoms with Crippen molar-refractivity contribution in [1.29, 1.82) is 0 Å². The van der Waals surface area contributed by atoms with Gasteiger partial charge in [-0.2, -0.15) is 5.10 Å². The molecule has 104 valence electrons. The maximum atomic E-state index is 11.5. The highest BCUT2D eigenvalue weighted by Crippen LogP contribution is 2.23. The molecule has 1 aromatic heterocycles. The number of ether oxygens (including phenoxy) is 1. The molecule has 0 unspecified atom stereocenters. The fourth-order valence-electron chi connectivity index (χ4n) is 1.43. The SMILES string of the molecule is Cc1ccc(/C=N\NC(=O)COc2ccccc2Br)o1. The number of carbonyl (C=O) groups is 1. The molecule has 6 heteroatoms. The second-order valence-corrected chi connectivity index (χ2v) is 4.82. The summed E-state index contributed by atoms with van der Waals surface area (Å²) < 4.78 is 11.4. The molecule has 0 atom stereocenters. The van der Waals surface area contributed by atoms with Gasteiger partial charge in [0.05, 0.1) is 10.7 Å². The summed E-state index contributed by atoms with van der Waals surface area (Å²) in [4.78, 5) is 11.5. The molecule has 0 bridgehead atoms. The molecule has 5 nitrogen and oxygen atoms in total. The zero-order chi connectivity index (χ0) is 14.4. The molecule has 2 aromatic rings. The molecule has 0 saturated heterocycles. The first-order valence-corrected chi connectivity index (χ1v) is 6.70. The highest BCUT2D eigenvalue weighted by molar-refractivity contribution is 9.10. The third-order valence-corrected chi connectivity index (χ3v) is 2.99. The van der Waals surface area contributed by atoms with E-state index in [0.717, 1.165) is 10.2 Å². The van der Waals surface area contributed by atoms with E-state index in [4.69, 9.17) is 9.15 Å². The van der Waals surface area contributed by atoms with Gasteiger partial charge in [0.25, 0.3) is 5.91 Å². The van der Waals surface area contributed by atoms with E-state index < -0.39 is 0 Å². The van der Waals surface area contributed by atoms with Crippen LogP contribution in [-0.4, -0.2) is 18.7 Å². The van der Waals surface area contributed by atoms with E-state index in [1.165, 1.54) is 6.21 Å². The highest BCUT2D eigenvalue weighted by Gasteiger charge is 2.04. The second kappa shape index (κ2) is 6.91. The molecule has 0 radical (unpaired) electrons. The average molecular weight is 337 g/mol. The van der Waals surface area contributed by atoms with Gasteiger partial charge in [0.2, 0.25) is 0 Å². The van der Waals surface area contributed by atoms with Crippen LogP contribution < -0.4 is 10.2 Å². The van der Waals surface area contributed by atoms with Crippen molar-refractivity contribution in [1.82, 2.24) is 5.43 Å². The fourth-order valence-corrected chi connectivity index (χ4v) is 1.83. The summed E-state index contributed by atoms with van der Waals surface area (Å²) in [7, 11) is 0. The summed E-state index contributed by atoms with van der Waals surface area (Å²) in [5.74, 6) is 1.62. The van der Waals surface area contributed by atoms with Crippen LogP contribution in [0.1, 0.15) is 11.5 Å². The number of nitrogens with zero attached hydrogens (tertiary/aromatic N) is 1. The maximum Gasteiger partial charge on any atom is 0.277 e. The van der Waals surface area contributed by atoms with Crippen molar-refractivity contribution >= 4 is 28.1 Å². The number of hydrogen-bond donors (Lipinski definition) is 1. The van der Waals surface area contributed by atoms with E-state index in [-0.39, 0.29) is 12.5 Å². The summed E-state index contributed by atoms with van der Waals surface area (Å²) in [5, 5.41) is 3.78. The molecule has 20 heavy (non-hydrogen) atoms. The number of carbonyl (C=O) groups excluding carboxylic acids is 1. The molecule has 0 fully saturated rings. The lowest BCUT2D eigenvalue weighted by molar-refractivity contribution is -0.123. The Morgan fingerprint density at radius 1 is 1.40 bits per heavy atom. The Hall–Kier alpha value is -2.08. The Morgan fingerprint density at radius 3 is 2.90 bits per heavy atom. The lowest BCUT2D eigenvalue weighted by Gasteiger charge is -2.06. The third-order valence-electron chi connectivity index (χ3n) is 2.34. The fraction of sp³-hybridized carbons (Fsp3) is 0.143. The molecule has 2 rings (SSSR count). The molecule has 1 amide bonds. The third kappa shape index (κ3) is 4.24. The van der Waals surface area contributed by atoms with Gasteiger partial charge in [0.1, 0.15) is 17.3 Å². The zero-order valence-corrected chi connectivity index (χ0v) is 12.4. The van der Waals surface area contributed by atoms with Gasteiger partial charge in [0.15, 0.2) is 6.61 Å². The zero-order valence-electron chi connectivity index (χ0n) is 10.8. The first kappa shape index (κ1) is 14.3. The van der Waals surface area contributed by atoms with Crippen molar-refractivity contribution in [3.05, 3.63) is 52.4 Å². The molecule has 1 heterocycles. The first-order valence-electron chi connectivity index (χ1n) is 5.91. The van der Waals surface area contributed by atoms with Gasteiger partial charge >= 0.3 is 0 Å². The summed E-state index contributed by atoms with van der Waals surface area (Å²) in [6.45, 7) is 1.72. The van der Waals surface area contributed by atoms with Gasteiger partial charge in [-0.1, -0.05) is 12.1 Å². The first-order chi connectivity index (χ1) is 9.65. The number of hydrogen-bond acceptors (Lipinski definition) is 4. The number of furan rings is 1. The topological polar surface area (TPSA) is 63.8 Å². The van der Waals surface area contributed by atoms with E-state index in [1.54, 1.807) is 12.1 Å². The number of benzene rings is 1. The summed E-state index contributed by atoms with van der Waals surface area (Å²) in [6, 6.07) is 10.9. The second-order valence-electron chi connectivity index (χ2n) is 3.96. The average Bonchev–Trinajstić information content (AvgIpc) is 2.83. The molecule has 0 aliphatic heterocycles. The Balaban J connectivity index is 1.78. The number of nitrogens with one attached hydrogen (secondary N) is 1. The Bertz CT molecular complexity index is 622. The molecule has 0 spiro atoms. The minimum absolute atomic E-state index is 0.114. The quantitative estimate of drug-likeness (QED) is 0.674. The van der Waals surface area contributed by atoms with Crippen molar-refractivity contribution in [2.24, 2.45) is 5.10 Å². The normalized spacial score (nSPS) is 10.7. The minimum Gasteiger partial charge on any atom is -0.483 e.